The van der Waals surface area contributed by atoms with E-state index in [0.717, 1.165) is 63.7 Å². The van der Waals surface area contributed by atoms with Gasteiger partial charge in [0.1, 0.15) is 5.75 Å². The summed E-state index contributed by atoms with van der Waals surface area (Å²) in [5.41, 5.74) is 2.15. The van der Waals surface area contributed by atoms with E-state index in [1.807, 2.05) is 24.3 Å². The first-order valence-electron chi connectivity index (χ1n) is 13.1. The van der Waals surface area contributed by atoms with Gasteiger partial charge in [0, 0.05) is 36.9 Å². The number of piperidine rings is 1. The number of phenols is 1. The van der Waals surface area contributed by atoms with E-state index in [4.69, 9.17) is 0 Å². The highest BCUT2D eigenvalue weighted by atomic mass is 16.3. The first-order valence-corrected chi connectivity index (χ1v) is 13.1. The van der Waals surface area contributed by atoms with Gasteiger partial charge in [-0.2, -0.15) is 0 Å². The minimum atomic E-state index is -0.505. The van der Waals surface area contributed by atoms with Gasteiger partial charge < -0.3 is 15.5 Å². The van der Waals surface area contributed by atoms with Gasteiger partial charge in [0.15, 0.2) is 0 Å². The minimum absolute atomic E-state index is 0.0594. The number of phenolic OH excluding ortho intramolecular Hbond substituents is 1. The molecule has 1 amide bonds. The third-order valence-electron chi connectivity index (χ3n) is 8.03. The molecule has 1 saturated heterocycles. The van der Waals surface area contributed by atoms with E-state index in [0.29, 0.717) is 12.8 Å². The molecule has 35 heavy (non-hydrogen) atoms. The standard InChI is InChI=1S/C30H40N2O3/c1-2-17-32-18-16-30(24-13-9-14-26(33)19-24)21-25(20-28(34)27(30)22-32)31-29(35)15-8-4-7-12-23-10-5-3-6-11-23/h2-3,5-6,9-11,13-14,19,25,27-28,33-34H,1,4,7-8,12,15-18,20-22H2,(H,31,35)/t25-,27-,28?,30-/m0/s1. The maximum absolute atomic E-state index is 12.8. The second-order valence-electron chi connectivity index (χ2n) is 10.4. The van der Waals surface area contributed by atoms with Crippen LogP contribution in [0.15, 0.2) is 67.3 Å². The highest BCUT2D eigenvalue weighted by Gasteiger charge is 2.52. The van der Waals surface area contributed by atoms with Crippen molar-refractivity contribution in [2.24, 2.45) is 5.92 Å². The number of likely N-dealkylation sites (tertiary alicyclic amines) is 1. The predicted molar refractivity (Wildman–Crippen MR) is 140 cm³/mol. The smallest absolute Gasteiger partial charge is 0.220 e. The van der Waals surface area contributed by atoms with Crippen LogP contribution in [0.25, 0.3) is 0 Å². The zero-order valence-corrected chi connectivity index (χ0v) is 20.7. The molecular weight excluding hydrogens is 436 g/mol. The lowest BCUT2D eigenvalue weighted by Crippen LogP contribution is -2.61. The largest absolute Gasteiger partial charge is 0.508 e. The van der Waals surface area contributed by atoms with Gasteiger partial charge in [-0.25, -0.2) is 0 Å². The number of rotatable bonds is 10. The number of aliphatic hydroxyl groups excluding tert-OH is 1. The molecule has 5 heteroatoms. The number of carbonyl (C=O) groups is 1. The molecule has 2 aromatic carbocycles. The Morgan fingerprint density at radius 3 is 2.74 bits per heavy atom. The second-order valence-corrected chi connectivity index (χ2v) is 10.4. The van der Waals surface area contributed by atoms with Crippen molar-refractivity contribution in [1.82, 2.24) is 10.2 Å². The Hall–Kier alpha value is -2.63. The molecule has 2 aromatic rings. The molecule has 0 spiro atoms. The van der Waals surface area contributed by atoms with E-state index in [-0.39, 0.29) is 29.0 Å². The van der Waals surface area contributed by atoms with Crippen molar-refractivity contribution in [2.75, 3.05) is 19.6 Å². The number of hydrogen-bond acceptors (Lipinski definition) is 4. The number of nitrogens with zero attached hydrogens (tertiary/aromatic N) is 1. The van der Waals surface area contributed by atoms with Crippen molar-refractivity contribution in [3.05, 3.63) is 78.4 Å². The highest BCUT2D eigenvalue weighted by molar-refractivity contribution is 5.76. The van der Waals surface area contributed by atoms with Gasteiger partial charge in [0.05, 0.1) is 6.10 Å². The van der Waals surface area contributed by atoms with E-state index in [1.165, 1.54) is 5.56 Å². The summed E-state index contributed by atoms with van der Waals surface area (Å²) in [7, 11) is 0. The van der Waals surface area contributed by atoms with Crippen LogP contribution >= 0.6 is 0 Å². The van der Waals surface area contributed by atoms with Gasteiger partial charge in [-0.05, 0) is 68.3 Å². The summed E-state index contributed by atoms with van der Waals surface area (Å²) in [6.45, 7) is 6.39. The fraction of sp³-hybridized carbons (Fsp3) is 0.500. The molecule has 1 aliphatic heterocycles. The van der Waals surface area contributed by atoms with Gasteiger partial charge in [0.2, 0.25) is 5.91 Å². The first kappa shape index (κ1) is 25.5. The monoisotopic (exact) mass is 476 g/mol. The van der Waals surface area contributed by atoms with Crippen molar-refractivity contribution in [2.45, 2.75) is 68.9 Å². The van der Waals surface area contributed by atoms with Crippen LogP contribution in [0, 0.1) is 5.92 Å². The molecule has 4 atom stereocenters. The topological polar surface area (TPSA) is 72.8 Å². The number of benzene rings is 2. The van der Waals surface area contributed by atoms with Crippen LogP contribution in [-0.2, 0) is 16.6 Å². The molecule has 0 aromatic heterocycles. The Morgan fingerprint density at radius 1 is 1.14 bits per heavy atom. The molecule has 1 saturated carbocycles. The summed E-state index contributed by atoms with van der Waals surface area (Å²) < 4.78 is 0. The number of amides is 1. The average molecular weight is 477 g/mol. The fourth-order valence-electron chi connectivity index (χ4n) is 6.30. The number of fused-ring (bicyclic) bond motifs is 1. The molecule has 0 radical (unpaired) electrons. The molecule has 1 unspecified atom stereocenters. The van der Waals surface area contributed by atoms with Gasteiger partial charge in [-0.15, -0.1) is 6.58 Å². The van der Waals surface area contributed by atoms with Crippen LogP contribution in [-0.4, -0.2) is 52.8 Å². The number of aliphatic hydroxyl groups is 1. The van der Waals surface area contributed by atoms with Gasteiger partial charge in [-0.3, -0.25) is 9.69 Å². The maximum atomic E-state index is 12.8. The molecule has 0 bridgehead atoms. The molecule has 1 aliphatic carbocycles. The first-order chi connectivity index (χ1) is 17.0. The lowest BCUT2D eigenvalue weighted by Gasteiger charge is -2.54. The molecule has 188 valence electrons. The van der Waals surface area contributed by atoms with Crippen LogP contribution in [0.1, 0.15) is 56.1 Å². The Bertz CT molecular complexity index is 979. The quantitative estimate of drug-likeness (QED) is 0.347. The van der Waals surface area contributed by atoms with Crippen LogP contribution in [0.4, 0.5) is 0 Å². The Morgan fingerprint density at radius 2 is 1.97 bits per heavy atom. The Labute approximate surface area is 209 Å². The van der Waals surface area contributed by atoms with Crippen molar-refractivity contribution < 1.29 is 15.0 Å². The number of aromatic hydroxyl groups is 1. The molecule has 1 heterocycles. The summed E-state index contributed by atoms with van der Waals surface area (Å²) in [4.78, 5) is 15.1. The van der Waals surface area contributed by atoms with Crippen molar-refractivity contribution in [1.29, 1.82) is 0 Å². The van der Waals surface area contributed by atoms with Crippen LogP contribution in [0.5, 0.6) is 5.75 Å². The van der Waals surface area contributed by atoms with Gasteiger partial charge in [0.25, 0.3) is 0 Å². The van der Waals surface area contributed by atoms with E-state index in [9.17, 15) is 15.0 Å². The van der Waals surface area contributed by atoms with Gasteiger partial charge in [-0.1, -0.05) is 55.0 Å². The summed E-state index contributed by atoms with van der Waals surface area (Å²) in [5, 5.41) is 24.7. The third-order valence-corrected chi connectivity index (χ3v) is 8.03. The Kier molecular flexibility index (Phi) is 8.64. The summed E-state index contributed by atoms with van der Waals surface area (Å²) >= 11 is 0. The number of carbonyl (C=O) groups excluding carboxylic acids is 1. The van der Waals surface area contributed by atoms with Crippen molar-refractivity contribution >= 4 is 5.91 Å². The molecule has 2 fully saturated rings. The predicted octanol–water partition coefficient (Wildman–Crippen LogP) is 4.58. The molecule has 4 rings (SSSR count). The molecule has 2 aliphatic rings. The van der Waals surface area contributed by atoms with E-state index in [2.05, 4.69) is 47.1 Å². The van der Waals surface area contributed by atoms with Crippen LogP contribution in [0.3, 0.4) is 0 Å². The Balaban J connectivity index is 1.36. The second kappa shape index (κ2) is 11.9. The number of aryl methyl sites for hydroxylation is 1. The summed E-state index contributed by atoms with van der Waals surface area (Å²) in [5.74, 6) is 0.389. The van der Waals surface area contributed by atoms with E-state index < -0.39 is 6.10 Å². The third kappa shape index (κ3) is 6.33. The molecular formula is C30H40N2O3. The normalized spacial score (nSPS) is 26.6. The lowest BCUT2D eigenvalue weighted by molar-refractivity contribution is -0.123. The molecule has 5 nitrogen and oxygen atoms in total. The van der Waals surface area contributed by atoms with Crippen LogP contribution < -0.4 is 5.32 Å². The van der Waals surface area contributed by atoms with E-state index in [1.54, 1.807) is 6.07 Å². The molecule has 3 N–H and O–H groups in total. The highest BCUT2D eigenvalue weighted by Crippen LogP contribution is 2.49. The summed E-state index contributed by atoms with van der Waals surface area (Å²) in [6, 6.07) is 17.9. The summed E-state index contributed by atoms with van der Waals surface area (Å²) in [6.07, 6.45) is 8.24. The fourth-order valence-corrected chi connectivity index (χ4v) is 6.30. The number of unbranched alkanes of at least 4 members (excludes halogenated alkanes) is 2. The van der Waals surface area contributed by atoms with Crippen molar-refractivity contribution in [3.63, 3.8) is 0 Å². The lowest BCUT2D eigenvalue weighted by atomic mass is 9.57. The number of hydrogen-bond donors (Lipinski definition) is 3. The minimum Gasteiger partial charge on any atom is -0.508 e. The van der Waals surface area contributed by atoms with Crippen LogP contribution in [0.2, 0.25) is 0 Å². The average Bonchev–Trinajstić information content (AvgIpc) is 2.85. The van der Waals surface area contributed by atoms with Gasteiger partial charge >= 0.3 is 0 Å². The zero-order chi connectivity index (χ0) is 24.7. The van der Waals surface area contributed by atoms with Crippen molar-refractivity contribution in [3.8, 4) is 5.75 Å². The maximum Gasteiger partial charge on any atom is 0.220 e. The number of nitrogens with one attached hydrogen (secondary N) is 1. The van der Waals surface area contributed by atoms with E-state index >= 15 is 0 Å². The zero-order valence-electron chi connectivity index (χ0n) is 20.7. The SMILES string of the molecule is C=CCN1CC[C@@]2(c3cccc(O)c3)C[C@@H](NC(=O)CCCCCc3ccccc3)CC(O)[C@@H]2C1.